The highest BCUT2D eigenvalue weighted by Crippen LogP contribution is 2.33. The predicted octanol–water partition coefficient (Wildman–Crippen LogP) is 3.93. The van der Waals surface area contributed by atoms with Crippen molar-refractivity contribution in [3.05, 3.63) is 0 Å². The fourth-order valence-electron chi connectivity index (χ4n) is 3.36. The van der Waals surface area contributed by atoms with Crippen LogP contribution in [0.2, 0.25) is 0 Å². The maximum atomic E-state index is 12.2. The molecule has 0 radical (unpaired) electrons. The Labute approximate surface area is 105 Å². The Morgan fingerprint density at radius 2 is 1.47 bits per heavy atom. The molecule has 0 heterocycles. The molecule has 2 aliphatic rings. The van der Waals surface area contributed by atoms with Gasteiger partial charge in [0.1, 0.15) is 6.10 Å². The summed E-state index contributed by atoms with van der Waals surface area (Å²) in [7, 11) is 0. The second kappa shape index (κ2) is 5.88. The summed E-state index contributed by atoms with van der Waals surface area (Å²) in [6.45, 7) is 4.43. The van der Waals surface area contributed by atoms with Crippen molar-refractivity contribution in [2.24, 2.45) is 17.8 Å². The van der Waals surface area contributed by atoms with Crippen molar-refractivity contribution in [1.29, 1.82) is 0 Å². The molecule has 2 heteroatoms. The van der Waals surface area contributed by atoms with Crippen LogP contribution in [0.25, 0.3) is 0 Å². The van der Waals surface area contributed by atoms with Crippen LogP contribution in [0, 0.1) is 17.8 Å². The number of hydrogen-bond donors (Lipinski definition) is 0. The van der Waals surface area contributed by atoms with Crippen molar-refractivity contribution in [2.75, 3.05) is 0 Å². The van der Waals surface area contributed by atoms with E-state index in [2.05, 4.69) is 13.8 Å². The van der Waals surface area contributed by atoms with Gasteiger partial charge in [0.2, 0.25) is 0 Å². The summed E-state index contributed by atoms with van der Waals surface area (Å²) in [5.41, 5.74) is 0. The zero-order chi connectivity index (χ0) is 12.3. The number of esters is 1. The lowest BCUT2D eigenvalue weighted by molar-refractivity contribution is -0.161. The molecule has 4 atom stereocenters. The van der Waals surface area contributed by atoms with Gasteiger partial charge in [-0.25, -0.2) is 0 Å². The van der Waals surface area contributed by atoms with Crippen molar-refractivity contribution in [3.8, 4) is 0 Å². The molecule has 17 heavy (non-hydrogen) atoms. The SMILES string of the molecule is CC1CCCCC1OC(=O)C1CCCCC1C. The van der Waals surface area contributed by atoms with Crippen molar-refractivity contribution < 1.29 is 9.53 Å². The molecule has 0 aliphatic heterocycles. The highest BCUT2D eigenvalue weighted by Gasteiger charge is 2.32. The number of hydrogen-bond acceptors (Lipinski definition) is 2. The number of carbonyl (C=O) groups is 1. The van der Waals surface area contributed by atoms with Gasteiger partial charge in [-0.3, -0.25) is 4.79 Å². The van der Waals surface area contributed by atoms with E-state index in [-0.39, 0.29) is 18.0 Å². The smallest absolute Gasteiger partial charge is 0.309 e. The lowest BCUT2D eigenvalue weighted by Crippen LogP contribution is -2.34. The Morgan fingerprint density at radius 1 is 0.882 bits per heavy atom. The summed E-state index contributed by atoms with van der Waals surface area (Å²) < 4.78 is 5.77. The predicted molar refractivity (Wildman–Crippen MR) is 68.6 cm³/mol. The quantitative estimate of drug-likeness (QED) is 0.681. The zero-order valence-electron chi connectivity index (χ0n) is 11.3. The number of ether oxygens (including phenoxy) is 1. The molecule has 2 aliphatic carbocycles. The zero-order valence-corrected chi connectivity index (χ0v) is 11.3. The third kappa shape index (κ3) is 3.23. The van der Waals surface area contributed by atoms with Crippen molar-refractivity contribution in [1.82, 2.24) is 0 Å². The average molecular weight is 238 g/mol. The molecule has 0 amide bonds. The van der Waals surface area contributed by atoms with Gasteiger partial charge in [0, 0.05) is 0 Å². The molecule has 2 fully saturated rings. The van der Waals surface area contributed by atoms with Gasteiger partial charge in [-0.2, -0.15) is 0 Å². The van der Waals surface area contributed by atoms with E-state index in [1.54, 1.807) is 0 Å². The second-order valence-corrected chi connectivity index (χ2v) is 6.11. The molecule has 0 aromatic rings. The molecule has 4 unspecified atom stereocenters. The normalized spacial score (nSPS) is 38.7. The van der Waals surface area contributed by atoms with Gasteiger partial charge < -0.3 is 4.74 Å². The maximum absolute atomic E-state index is 12.2. The van der Waals surface area contributed by atoms with Gasteiger partial charge in [-0.05, 0) is 43.9 Å². The molecule has 0 aromatic carbocycles. The van der Waals surface area contributed by atoms with Gasteiger partial charge in [0.05, 0.1) is 5.92 Å². The summed E-state index contributed by atoms with van der Waals surface area (Å²) in [6, 6.07) is 0. The minimum atomic E-state index is 0.0935. The van der Waals surface area contributed by atoms with E-state index in [9.17, 15) is 4.79 Å². The van der Waals surface area contributed by atoms with Crippen molar-refractivity contribution in [2.45, 2.75) is 71.3 Å². The van der Waals surface area contributed by atoms with Crippen molar-refractivity contribution >= 4 is 5.97 Å². The maximum Gasteiger partial charge on any atom is 0.309 e. The molecule has 0 saturated heterocycles. The summed E-state index contributed by atoms with van der Waals surface area (Å²) in [6.07, 6.45) is 9.74. The molecular weight excluding hydrogens is 212 g/mol. The Morgan fingerprint density at radius 3 is 2.12 bits per heavy atom. The van der Waals surface area contributed by atoms with E-state index in [0.717, 1.165) is 12.8 Å². The largest absolute Gasteiger partial charge is 0.462 e. The third-order valence-electron chi connectivity index (χ3n) is 4.71. The summed E-state index contributed by atoms with van der Waals surface area (Å²) in [5.74, 6) is 1.36. The highest BCUT2D eigenvalue weighted by atomic mass is 16.5. The average Bonchev–Trinajstić information content (AvgIpc) is 2.32. The van der Waals surface area contributed by atoms with Gasteiger partial charge in [0.25, 0.3) is 0 Å². The van der Waals surface area contributed by atoms with E-state index in [4.69, 9.17) is 4.74 Å². The fourth-order valence-corrected chi connectivity index (χ4v) is 3.36. The summed E-state index contributed by atoms with van der Waals surface area (Å²) >= 11 is 0. The Balaban J connectivity index is 1.86. The Bertz CT molecular complexity index is 262. The second-order valence-electron chi connectivity index (χ2n) is 6.11. The van der Waals surface area contributed by atoms with Crippen LogP contribution in [0.15, 0.2) is 0 Å². The molecule has 2 rings (SSSR count). The highest BCUT2D eigenvalue weighted by molar-refractivity contribution is 5.73. The first-order valence-electron chi connectivity index (χ1n) is 7.39. The van der Waals surface area contributed by atoms with E-state index in [1.807, 2.05) is 0 Å². The Hall–Kier alpha value is -0.530. The summed E-state index contributed by atoms with van der Waals surface area (Å²) in [4.78, 5) is 12.2. The first-order valence-corrected chi connectivity index (χ1v) is 7.39. The number of carbonyl (C=O) groups excluding carboxylic acids is 1. The van der Waals surface area contributed by atoms with Crippen LogP contribution in [0.1, 0.15) is 65.2 Å². The fraction of sp³-hybridized carbons (Fsp3) is 0.933. The van der Waals surface area contributed by atoms with Gasteiger partial charge >= 0.3 is 5.97 Å². The molecular formula is C15H26O2. The van der Waals surface area contributed by atoms with Gasteiger partial charge in [-0.1, -0.05) is 33.1 Å². The van der Waals surface area contributed by atoms with E-state index in [1.165, 1.54) is 38.5 Å². The van der Waals surface area contributed by atoms with Crippen LogP contribution >= 0.6 is 0 Å². The molecule has 0 N–H and O–H groups in total. The molecule has 0 spiro atoms. The van der Waals surface area contributed by atoms with Crippen LogP contribution < -0.4 is 0 Å². The van der Waals surface area contributed by atoms with Crippen LogP contribution in [0.5, 0.6) is 0 Å². The first kappa shape index (κ1) is 12.9. The minimum absolute atomic E-state index is 0.0935. The lowest BCUT2D eigenvalue weighted by Gasteiger charge is -2.32. The molecule has 98 valence electrons. The third-order valence-corrected chi connectivity index (χ3v) is 4.71. The van der Waals surface area contributed by atoms with Crippen LogP contribution in [-0.4, -0.2) is 12.1 Å². The standard InChI is InChI=1S/C15H26O2/c1-11-7-3-5-9-13(11)15(16)17-14-10-6-4-8-12(14)2/h11-14H,3-10H2,1-2H3. The topological polar surface area (TPSA) is 26.3 Å². The minimum Gasteiger partial charge on any atom is -0.462 e. The lowest BCUT2D eigenvalue weighted by atomic mass is 9.80. The summed E-state index contributed by atoms with van der Waals surface area (Å²) in [5, 5.41) is 0. The molecule has 2 nitrogen and oxygen atoms in total. The van der Waals surface area contributed by atoms with Crippen LogP contribution in [0.4, 0.5) is 0 Å². The monoisotopic (exact) mass is 238 g/mol. The Kier molecular flexibility index (Phi) is 4.47. The molecule has 0 bridgehead atoms. The van der Waals surface area contributed by atoms with E-state index >= 15 is 0 Å². The first-order chi connectivity index (χ1) is 8.18. The van der Waals surface area contributed by atoms with Crippen LogP contribution in [0.3, 0.4) is 0 Å². The van der Waals surface area contributed by atoms with Gasteiger partial charge in [0.15, 0.2) is 0 Å². The van der Waals surface area contributed by atoms with Crippen molar-refractivity contribution in [3.63, 3.8) is 0 Å². The van der Waals surface area contributed by atoms with Gasteiger partial charge in [-0.15, -0.1) is 0 Å². The number of rotatable bonds is 2. The molecule has 2 saturated carbocycles. The van der Waals surface area contributed by atoms with Crippen LogP contribution in [-0.2, 0) is 9.53 Å². The van der Waals surface area contributed by atoms with E-state index in [0.29, 0.717) is 11.8 Å². The molecule has 0 aromatic heterocycles. The van der Waals surface area contributed by atoms with E-state index < -0.39 is 0 Å².